The van der Waals surface area contributed by atoms with E-state index < -0.39 is 0 Å². The summed E-state index contributed by atoms with van der Waals surface area (Å²) in [7, 11) is 0. The van der Waals surface area contributed by atoms with Gasteiger partial charge in [0.25, 0.3) is 0 Å². The second kappa shape index (κ2) is 10.7. The molecule has 2 aromatic carbocycles. The van der Waals surface area contributed by atoms with Gasteiger partial charge in [0.2, 0.25) is 0 Å². The molecular formula is C33H50O4. The molecule has 0 aliphatic heterocycles. The van der Waals surface area contributed by atoms with E-state index in [1.165, 1.54) is 0 Å². The Morgan fingerprint density at radius 3 is 1.19 bits per heavy atom. The SMILES string of the molecule is CC(C)(C)c1cc(CCOC(=O)CCc2cc(C(C)(C)C)c(O)c(C(C)(C)C)c2)cc(C(C)(C)C)c1O. The van der Waals surface area contributed by atoms with E-state index in [2.05, 4.69) is 83.1 Å². The largest absolute Gasteiger partial charge is 0.507 e. The van der Waals surface area contributed by atoms with Crippen molar-refractivity contribution in [3.63, 3.8) is 0 Å². The quantitative estimate of drug-likeness (QED) is 0.386. The van der Waals surface area contributed by atoms with Crippen molar-refractivity contribution >= 4 is 5.97 Å². The summed E-state index contributed by atoms with van der Waals surface area (Å²) in [5.41, 5.74) is 4.93. The van der Waals surface area contributed by atoms with Crippen molar-refractivity contribution in [1.82, 2.24) is 0 Å². The minimum atomic E-state index is -0.228. The molecule has 0 amide bonds. The fraction of sp³-hybridized carbons (Fsp3) is 0.606. The number of phenols is 2. The van der Waals surface area contributed by atoms with Crippen LogP contribution in [0.15, 0.2) is 24.3 Å². The molecule has 0 spiro atoms. The zero-order valence-electron chi connectivity index (χ0n) is 25.3. The molecule has 2 N–H and O–H groups in total. The lowest BCUT2D eigenvalue weighted by atomic mass is 9.78. The van der Waals surface area contributed by atoms with Crippen LogP contribution in [0, 0.1) is 0 Å². The van der Waals surface area contributed by atoms with Gasteiger partial charge in [0.15, 0.2) is 0 Å². The van der Waals surface area contributed by atoms with Crippen molar-refractivity contribution in [2.45, 2.75) is 124 Å². The molecule has 0 atom stereocenters. The molecule has 0 radical (unpaired) electrons. The number of carbonyl (C=O) groups excluding carboxylic acids is 1. The van der Waals surface area contributed by atoms with E-state index in [9.17, 15) is 15.0 Å². The van der Waals surface area contributed by atoms with Gasteiger partial charge in [-0.15, -0.1) is 0 Å². The van der Waals surface area contributed by atoms with Crippen molar-refractivity contribution in [1.29, 1.82) is 0 Å². The number of phenolic OH excluding ortho intramolecular Hbond substituents is 2. The third-order valence-corrected chi connectivity index (χ3v) is 6.84. The Kier molecular flexibility index (Phi) is 8.89. The Hall–Kier alpha value is -2.49. The van der Waals surface area contributed by atoms with E-state index in [4.69, 9.17) is 4.74 Å². The molecule has 0 saturated carbocycles. The number of rotatable bonds is 6. The first-order valence-corrected chi connectivity index (χ1v) is 13.5. The van der Waals surface area contributed by atoms with Crippen LogP contribution in [0.3, 0.4) is 0 Å². The van der Waals surface area contributed by atoms with Gasteiger partial charge in [0.1, 0.15) is 11.5 Å². The second-order valence-corrected chi connectivity index (χ2v) is 14.5. The summed E-state index contributed by atoms with van der Waals surface area (Å²) in [6, 6.07) is 8.13. The van der Waals surface area contributed by atoms with Crippen molar-refractivity contribution in [2.75, 3.05) is 6.61 Å². The van der Waals surface area contributed by atoms with E-state index in [-0.39, 0.29) is 34.1 Å². The topological polar surface area (TPSA) is 66.8 Å². The summed E-state index contributed by atoms with van der Waals surface area (Å²) in [6.45, 7) is 25.4. The highest BCUT2D eigenvalue weighted by atomic mass is 16.5. The predicted molar refractivity (Wildman–Crippen MR) is 154 cm³/mol. The standard InChI is InChI=1S/C33H50O4/c1-30(2,3)23-17-21(18-24(28(23)35)31(4,5)6)13-14-27(34)37-16-15-22-19-25(32(7,8)9)29(36)26(20-22)33(10,11)12/h17-20,35-36H,13-16H2,1-12H3. The van der Waals surface area contributed by atoms with Gasteiger partial charge in [0.05, 0.1) is 6.61 Å². The Labute approximate surface area is 225 Å². The number of hydrogen-bond acceptors (Lipinski definition) is 4. The van der Waals surface area contributed by atoms with Crippen LogP contribution in [0.2, 0.25) is 0 Å². The van der Waals surface area contributed by atoms with E-state index in [1.807, 2.05) is 24.3 Å². The molecule has 0 saturated heterocycles. The van der Waals surface area contributed by atoms with Crippen LogP contribution in [0.25, 0.3) is 0 Å². The first-order chi connectivity index (χ1) is 16.6. The van der Waals surface area contributed by atoms with Crippen LogP contribution in [-0.2, 0) is 44.0 Å². The van der Waals surface area contributed by atoms with E-state index in [0.717, 1.165) is 33.4 Å². The number of ether oxygens (including phenoxy) is 1. The zero-order chi connectivity index (χ0) is 28.6. The van der Waals surface area contributed by atoms with Crippen molar-refractivity contribution in [2.24, 2.45) is 0 Å². The molecule has 37 heavy (non-hydrogen) atoms. The van der Waals surface area contributed by atoms with Crippen molar-refractivity contribution in [3.8, 4) is 11.5 Å². The van der Waals surface area contributed by atoms with Crippen LogP contribution < -0.4 is 0 Å². The third-order valence-electron chi connectivity index (χ3n) is 6.84. The first-order valence-electron chi connectivity index (χ1n) is 13.5. The number of esters is 1. The molecule has 2 rings (SSSR count). The molecular weight excluding hydrogens is 460 g/mol. The van der Waals surface area contributed by atoms with E-state index in [0.29, 0.717) is 30.9 Å². The number of aryl methyl sites for hydroxylation is 1. The molecule has 0 heterocycles. The van der Waals surface area contributed by atoms with Crippen LogP contribution in [0.4, 0.5) is 0 Å². The maximum Gasteiger partial charge on any atom is 0.306 e. The summed E-state index contributed by atoms with van der Waals surface area (Å²) in [4.78, 5) is 12.6. The third kappa shape index (κ3) is 7.99. The van der Waals surface area contributed by atoms with Crippen LogP contribution in [0.1, 0.15) is 123 Å². The molecule has 0 unspecified atom stereocenters. The monoisotopic (exact) mass is 510 g/mol. The van der Waals surface area contributed by atoms with Crippen LogP contribution in [0.5, 0.6) is 11.5 Å². The van der Waals surface area contributed by atoms with E-state index in [1.54, 1.807) is 0 Å². The Bertz CT molecular complexity index is 1040. The Morgan fingerprint density at radius 2 is 0.892 bits per heavy atom. The molecule has 206 valence electrons. The van der Waals surface area contributed by atoms with Gasteiger partial charge in [0, 0.05) is 12.8 Å². The average Bonchev–Trinajstić information content (AvgIpc) is 2.70. The number of carbonyl (C=O) groups is 1. The fourth-order valence-corrected chi connectivity index (χ4v) is 4.57. The van der Waals surface area contributed by atoms with Crippen LogP contribution >= 0.6 is 0 Å². The summed E-state index contributed by atoms with van der Waals surface area (Å²) in [5, 5.41) is 21.9. The average molecular weight is 511 g/mol. The summed E-state index contributed by atoms with van der Waals surface area (Å²) < 4.78 is 5.62. The van der Waals surface area contributed by atoms with Gasteiger partial charge >= 0.3 is 5.97 Å². The second-order valence-electron chi connectivity index (χ2n) is 14.5. The summed E-state index contributed by atoms with van der Waals surface area (Å²) in [5.74, 6) is 0.483. The van der Waals surface area contributed by atoms with Crippen molar-refractivity contribution in [3.05, 3.63) is 57.6 Å². The lowest BCUT2D eigenvalue weighted by molar-refractivity contribution is -0.143. The molecule has 0 bridgehead atoms. The van der Waals surface area contributed by atoms with Gasteiger partial charge in [-0.1, -0.05) is 107 Å². The lowest BCUT2D eigenvalue weighted by Gasteiger charge is -2.28. The molecule has 4 heteroatoms. The minimum Gasteiger partial charge on any atom is -0.507 e. The molecule has 0 fully saturated rings. The van der Waals surface area contributed by atoms with Gasteiger partial charge in [-0.3, -0.25) is 4.79 Å². The summed E-state index contributed by atoms with van der Waals surface area (Å²) >= 11 is 0. The van der Waals surface area contributed by atoms with Crippen LogP contribution in [-0.4, -0.2) is 22.8 Å². The highest BCUT2D eigenvalue weighted by Gasteiger charge is 2.28. The highest BCUT2D eigenvalue weighted by Crippen LogP contribution is 2.41. The maximum absolute atomic E-state index is 12.6. The minimum absolute atomic E-state index is 0.196. The van der Waals surface area contributed by atoms with Gasteiger partial charge < -0.3 is 14.9 Å². The van der Waals surface area contributed by atoms with Gasteiger partial charge in [-0.2, -0.15) is 0 Å². The van der Waals surface area contributed by atoms with Crippen molar-refractivity contribution < 1.29 is 19.7 Å². The first kappa shape index (κ1) is 30.7. The fourth-order valence-electron chi connectivity index (χ4n) is 4.57. The summed E-state index contributed by atoms with van der Waals surface area (Å²) in [6.07, 6.45) is 1.45. The lowest BCUT2D eigenvalue weighted by Crippen LogP contribution is -2.18. The number of hydrogen-bond donors (Lipinski definition) is 2. The molecule has 0 aromatic heterocycles. The smallest absolute Gasteiger partial charge is 0.306 e. The number of benzene rings is 2. The molecule has 2 aromatic rings. The van der Waals surface area contributed by atoms with E-state index >= 15 is 0 Å². The van der Waals surface area contributed by atoms with Gasteiger partial charge in [-0.25, -0.2) is 0 Å². The Balaban J connectivity index is 2.13. The zero-order valence-corrected chi connectivity index (χ0v) is 25.3. The maximum atomic E-state index is 12.6. The normalized spacial score (nSPS) is 13.1. The molecule has 0 aliphatic carbocycles. The Morgan fingerprint density at radius 1 is 0.595 bits per heavy atom. The molecule has 4 nitrogen and oxygen atoms in total. The predicted octanol–water partition coefficient (Wildman–Crippen LogP) is 8.01. The van der Waals surface area contributed by atoms with Gasteiger partial charge in [-0.05, 0) is 61.5 Å². The number of aromatic hydroxyl groups is 2. The molecule has 0 aliphatic rings. The highest BCUT2D eigenvalue weighted by molar-refractivity contribution is 5.70.